The lowest BCUT2D eigenvalue weighted by atomic mass is 10.1. The number of ether oxygens (including phenoxy) is 3. The molecule has 0 unspecified atom stereocenters. The predicted molar refractivity (Wildman–Crippen MR) is 130 cm³/mol. The fourth-order valence-corrected chi connectivity index (χ4v) is 3.75. The second-order valence-corrected chi connectivity index (χ2v) is 7.54. The Morgan fingerprint density at radius 2 is 1.71 bits per heavy atom. The van der Waals surface area contributed by atoms with Gasteiger partial charge in [-0.3, -0.25) is 4.79 Å². The molecule has 35 heavy (non-hydrogen) atoms. The second-order valence-electron chi connectivity index (χ2n) is 7.54. The third kappa shape index (κ3) is 4.12. The molecule has 0 saturated carbocycles. The average Bonchev–Trinajstić information content (AvgIpc) is 3.57. The van der Waals surface area contributed by atoms with Gasteiger partial charge >= 0.3 is 0 Å². The third-order valence-corrected chi connectivity index (χ3v) is 5.44. The first-order valence-corrected chi connectivity index (χ1v) is 10.7. The van der Waals surface area contributed by atoms with E-state index in [-0.39, 0.29) is 5.91 Å². The van der Waals surface area contributed by atoms with E-state index in [1.54, 1.807) is 22.7 Å². The number of aromatic nitrogens is 5. The fourth-order valence-electron chi connectivity index (χ4n) is 3.75. The van der Waals surface area contributed by atoms with E-state index in [1.807, 2.05) is 48.7 Å². The number of benzene rings is 2. The van der Waals surface area contributed by atoms with Crippen molar-refractivity contribution in [1.29, 1.82) is 0 Å². The van der Waals surface area contributed by atoms with Gasteiger partial charge in [0.25, 0.3) is 5.91 Å². The van der Waals surface area contributed by atoms with Crippen LogP contribution >= 0.6 is 0 Å². The molecule has 0 spiro atoms. The van der Waals surface area contributed by atoms with Crippen molar-refractivity contribution in [3.63, 3.8) is 0 Å². The summed E-state index contributed by atoms with van der Waals surface area (Å²) in [6.45, 7) is 0. The Morgan fingerprint density at radius 1 is 0.914 bits per heavy atom. The minimum atomic E-state index is -0.322. The van der Waals surface area contributed by atoms with Gasteiger partial charge in [-0.2, -0.15) is 9.61 Å². The Kier molecular flexibility index (Phi) is 5.76. The van der Waals surface area contributed by atoms with Gasteiger partial charge in [-0.15, -0.1) is 10.2 Å². The van der Waals surface area contributed by atoms with Crippen molar-refractivity contribution < 1.29 is 19.0 Å². The zero-order valence-corrected chi connectivity index (χ0v) is 19.3. The van der Waals surface area contributed by atoms with Crippen LogP contribution in [0.1, 0.15) is 10.4 Å². The number of fused-ring (bicyclic) bond motifs is 1. The topological polar surface area (TPSA) is 116 Å². The normalized spacial score (nSPS) is 10.8. The SMILES string of the molecule is COc1cc(C(=O)Nc2cccc(-c3ccc4nnc(-c5ccc[nH]5)n4n3)c2)cc(OC)c1OC. The predicted octanol–water partition coefficient (Wildman–Crippen LogP) is 4.06. The van der Waals surface area contributed by atoms with Crippen LogP contribution in [-0.2, 0) is 0 Å². The molecule has 3 heterocycles. The van der Waals surface area contributed by atoms with Crippen LogP contribution < -0.4 is 19.5 Å². The van der Waals surface area contributed by atoms with Gasteiger partial charge in [0.05, 0.1) is 32.7 Å². The first-order chi connectivity index (χ1) is 17.1. The molecule has 1 amide bonds. The van der Waals surface area contributed by atoms with Gasteiger partial charge in [0.2, 0.25) is 11.6 Å². The van der Waals surface area contributed by atoms with Crippen LogP contribution in [0.25, 0.3) is 28.4 Å². The molecule has 0 radical (unpaired) electrons. The minimum Gasteiger partial charge on any atom is -0.493 e. The highest BCUT2D eigenvalue weighted by Crippen LogP contribution is 2.38. The van der Waals surface area contributed by atoms with Crippen molar-refractivity contribution in [3.05, 3.63) is 72.4 Å². The summed E-state index contributed by atoms with van der Waals surface area (Å²) in [5.41, 5.74) is 3.94. The molecule has 0 saturated heterocycles. The number of carbonyl (C=O) groups excluding carboxylic acids is 1. The molecule has 3 aromatic heterocycles. The maximum Gasteiger partial charge on any atom is 0.255 e. The highest BCUT2D eigenvalue weighted by molar-refractivity contribution is 6.05. The van der Waals surface area contributed by atoms with E-state index < -0.39 is 0 Å². The molecule has 10 heteroatoms. The number of hydrogen-bond donors (Lipinski definition) is 2. The van der Waals surface area contributed by atoms with Gasteiger partial charge in [-0.1, -0.05) is 12.1 Å². The van der Waals surface area contributed by atoms with Crippen molar-refractivity contribution in [2.45, 2.75) is 0 Å². The summed E-state index contributed by atoms with van der Waals surface area (Å²) in [4.78, 5) is 16.1. The van der Waals surface area contributed by atoms with Crippen LogP contribution in [0, 0.1) is 0 Å². The number of aromatic amines is 1. The van der Waals surface area contributed by atoms with Crippen LogP contribution in [0.5, 0.6) is 17.2 Å². The molecule has 2 aromatic carbocycles. The monoisotopic (exact) mass is 470 g/mol. The lowest BCUT2D eigenvalue weighted by molar-refractivity contribution is 0.102. The van der Waals surface area contributed by atoms with Crippen LogP contribution in [0.4, 0.5) is 5.69 Å². The summed E-state index contributed by atoms with van der Waals surface area (Å²) in [5, 5.41) is 16.1. The molecular formula is C25H22N6O4. The van der Waals surface area contributed by atoms with Crippen LogP contribution in [-0.4, -0.2) is 52.0 Å². The summed E-state index contributed by atoms with van der Waals surface area (Å²) in [5.74, 6) is 1.50. The molecule has 10 nitrogen and oxygen atoms in total. The largest absolute Gasteiger partial charge is 0.493 e. The first kappa shape index (κ1) is 22.0. The molecule has 0 aliphatic rings. The van der Waals surface area contributed by atoms with Gasteiger partial charge < -0.3 is 24.5 Å². The molecule has 2 N–H and O–H groups in total. The molecule has 0 aliphatic heterocycles. The number of hydrogen-bond acceptors (Lipinski definition) is 7. The summed E-state index contributed by atoms with van der Waals surface area (Å²) in [6.07, 6.45) is 1.82. The standard InChI is InChI=1S/C25H22N6O4/c1-33-20-13-16(14-21(34-2)23(20)35-3)25(32)27-17-7-4-6-15(12-17)18-9-10-22-28-29-24(31(22)30-18)19-8-5-11-26-19/h4-14,26H,1-3H3,(H,27,32). The van der Waals surface area contributed by atoms with Crippen molar-refractivity contribution >= 4 is 17.2 Å². The van der Waals surface area contributed by atoms with Gasteiger partial charge in [0.1, 0.15) is 0 Å². The molecule has 0 bridgehead atoms. The Bertz CT molecular complexity index is 1480. The number of H-pyrrole nitrogens is 1. The van der Waals surface area contributed by atoms with E-state index in [0.29, 0.717) is 45.7 Å². The minimum absolute atomic E-state index is 0.322. The highest BCUT2D eigenvalue weighted by Gasteiger charge is 2.17. The summed E-state index contributed by atoms with van der Waals surface area (Å²) < 4.78 is 17.7. The maximum atomic E-state index is 13.0. The van der Waals surface area contributed by atoms with Crippen molar-refractivity contribution in [3.8, 4) is 40.0 Å². The van der Waals surface area contributed by atoms with E-state index in [2.05, 4.69) is 20.5 Å². The third-order valence-electron chi connectivity index (χ3n) is 5.44. The van der Waals surface area contributed by atoms with E-state index in [4.69, 9.17) is 19.3 Å². The van der Waals surface area contributed by atoms with Crippen molar-refractivity contribution in [1.82, 2.24) is 24.8 Å². The molecule has 0 fully saturated rings. The molecule has 0 atom stereocenters. The van der Waals surface area contributed by atoms with Crippen LogP contribution in [0.15, 0.2) is 66.9 Å². The Labute approximate surface area is 200 Å². The number of methoxy groups -OCH3 is 3. The highest BCUT2D eigenvalue weighted by atomic mass is 16.5. The maximum absolute atomic E-state index is 13.0. The number of anilines is 1. The lowest BCUT2D eigenvalue weighted by Crippen LogP contribution is -2.12. The van der Waals surface area contributed by atoms with Crippen LogP contribution in [0.2, 0.25) is 0 Å². The molecule has 0 aliphatic carbocycles. The lowest BCUT2D eigenvalue weighted by Gasteiger charge is -2.14. The Hall–Kier alpha value is -4.86. The quantitative estimate of drug-likeness (QED) is 0.368. The molecule has 176 valence electrons. The van der Waals surface area contributed by atoms with E-state index in [0.717, 1.165) is 11.3 Å². The molecular weight excluding hydrogens is 448 g/mol. The number of amides is 1. The zero-order chi connectivity index (χ0) is 24.4. The summed E-state index contributed by atoms with van der Waals surface area (Å²) in [7, 11) is 4.52. The smallest absolute Gasteiger partial charge is 0.255 e. The number of rotatable bonds is 7. The summed E-state index contributed by atoms with van der Waals surface area (Å²) >= 11 is 0. The molecule has 5 rings (SSSR count). The summed E-state index contributed by atoms with van der Waals surface area (Å²) in [6, 6.07) is 18.1. The van der Waals surface area contributed by atoms with Crippen molar-refractivity contribution in [2.75, 3.05) is 26.6 Å². The number of nitrogens with one attached hydrogen (secondary N) is 2. The van der Waals surface area contributed by atoms with Crippen molar-refractivity contribution in [2.24, 2.45) is 0 Å². The number of carbonyl (C=O) groups is 1. The van der Waals surface area contributed by atoms with Gasteiger partial charge in [0.15, 0.2) is 17.1 Å². The zero-order valence-electron chi connectivity index (χ0n) is 19.3. The average molecular weight is 470 g/mol. The van der Waals surface area contributed by atoms with Gasteiger partial charge in [-0.05, 0) is 48.5 Å². The molecule has 5 aromatic rings. The van der Waals surface area contributed by atoms with Crippen LogP contribution in [0.3, 0.4) is 0 Å². The van der Waals surface area contributed by atoms with Gasteiger partial charge in [-0.25, -0.2) is 0 Å². The van der Waals surface area contributed by atoms with E-state index in [1.165, 1.54) is 21.3 Å². The Balaban J connectivity index is 1.44. The first-order valence-electron chi connectivity index (χ1n) is 10.7. The second kappa shape index (κ2) is 9.18. The Morgan fingerprint density at radius 3 is 2.40 bits per heavy atom. The van der Waals surface area contributed by atoms with E-state index >= 15 is 0 Å². The fraction of sp³-hybridized carbons (Fsp3) is 0.120. The van der Waals surface area contributed by atoms with Gasteiger partial charge in [0, 0.05) is 23.0 Å². The number of nitrogens with zero attached hydrogens (tertiary/aromatic N) is 4. The van der Waals surface area contributed by atoms with E-state index in [9.17, 15) is 4.79 Å².